The van der Waals surface area contributed by atoms with E-state index in [4.69, 9.17) is 4.74 Å². The number of rotatable bonds is 3. The van der Waals surface area contributed by atoms with Crippen molar-refractivity contribution in [3.05, 3.63) is 24.0 Å². The summed E-state index contributed by atoms with van der Waals surface area (Å²) in [6.07, 6.45) is 1.48. The maximum absolute atomic E-state index is 10.3. The molecular weight excluding hydrogens is 222 g/mol. The highest BCUT2D eigenvalue weighted by Crippen LogP contribution is 2.24. The first-order chi connectivity index (χ1) is 8.24. The van der Waals surface area contributed by atoms with Crippen LogP contribution in [0.4, 0.5) is 5.69 Å². The lowest BCUT2D eigenvalue weighted by molar-refractivity contribution is 0.414. The summed E-state index contributed by atoms with van der Waals surface area (Å²) < 4.78 is 6.63. The maximum Gasteiger partial charge on any atom is 0.240 e. The third kappa shape index (κ3) is 2.19. The molecule has 0 spiro atoms. The van der Waals surface area contributed by atoms with Gasteiger partial charge in [0.05, 0.1) is 18.5 Å². The number of aliphatic imine (C=N–C) groups is 1. The molecule has 0 aliphatic rings. The Balaban J connectivity index is 2.57. The van der Waals surface area contributed by atoms with Gasteiger partial charge in [0.1, 0.15) is 5.75 Å². The van der Waals surface area contributed by atoms with Crippen molar-refractivity contribution in [2.24, 2.45) is 4.99 Å². The third-order valence-electron chi connectivity index (χ3n) is 2.16. The van der Waals surface area contributed by atoms with E-state index in [0.717, 1.165) is 0 Å². The fourth-order valence-corrected chi connectivity index (χ4v) is 1.40. The van der Waals surface area contributed by atoms with Crippen molar-refractivity contribution in [1.29, 1.82) is 0 Å². The maximum atomic E-state index is 10.3. The van der Waals surface area contributed by atoms with Crippen molar-refractivity contribution in [3.63, 3.8) is 0 Å². The van der Waals surface area contributed by atoms with Crippen molar-refractivity contribution in [1.82, 2.24) is 20.2 Å². The number of benzene rings is 1. The number of nitrogens with zero attached hydrogens (tertiary/aromatic N) is 5. The van der Waals surface area contributed by atoms with Gasteiger partial charge in [0.15, 0.2) is 5.82 Å². The molecule has 0 amide bonds. The van der Waals surface area contributed by atoms with Gasteiger partial charge in [-0.2, -0.15) is 9.67 Å². The van der Waals surface area contributed by atoms with E-state index in [1.165, 1.54) is 17.9 Å². The summed E-state index contributed by atoms with van der Waals surface area (Å²) in [6.45, 7) is 1.77. The summed E-state index contributed by atoms with van der Waals surface area (Å²) in [7, 11) is 1.53. The number of hydrogen-bond acceptors (Lipinski definition) is 6. The van der Waals surface area contributed by atoms with Crippen LogP contribution in [0.1, 0.15) is 5.82 Å². The zero-order valence-electron chi connectivity index (χ0n) is 9.28. The smallest absolute Gasteiger partial charge is 0.240 e. The first-order valence-corrected chi connectivity index (χ1v) is 4.77. The Bertz CT molecular complexity index is 586. The number of aromatic nitrogens is 4. The molecule has 0 saturated heterocycles. The largest absolute Gasteiger partial charge is 0.497 e. The average Bonchev–Trinajstić information content (AvgIpc) is 2.75. The Morgan fingerprint density at radius 1 is 1.41 bits per heavy atom. The van der Waals surface area contributed by atoms with E-state index in [9.17, 15) is 4.79 Å². The highest BCUT2D eigenvalue weighted by atomic mass is 16.5. The van der Waals surface area contributed by atoms with Crippen LogP contribution in [0.5, 0.6) is 5.75 Å². The minimum absolute atomic E-state index is 0.434. The summed E-state index contributed by atoms with van der Waals surface area (Å²) in [4.78, 5) is 13.8. The minimum atomic E-state index is 0.434. The lowest BCUT2D eigenvalue weighted by Crippen LogP contribution is -1.99. The molecule has 0 aliphatic heterocycles. The molecule has 1 aromatic carbocycles. The number of tetrazole rings is 1. The number of isocyanates is 1. The first-order valence-electron chi connectivity index (χ1n) is 4.77. The van der Waals surface area contributed by atoms with Crippen molar-refractivity contribution < 1.29 is 9.53 Å². The Labute approximate surface area is 96.7 Å². The van der Waals surface area contributed by atoms with Crippen LogP contribution in [-0.2, 0) is 4.79 Å². The third-order valence-corrected chi connectivity index (χ3v) is 2.16. The van der Waals surface area contributed by atoms with Crippen molar-refractivity contribution >= 4 is 11.8 Å². The van der Waals surface area contributed by atoms with Crippen LogP contribution in [0.3, 0.4) is 0 Å². The van der Waals surface area contributed by atoms with Gasteiger partial charge < -0.3 is 4.74 Å². The van der Waals surface area contributed by atoms with E-state index < -0.39 is 0 Å². The van der Waals surface area contributed by atoms with Gasteiger partial charge in [0.25, 0.3) is 0 Å². The lowest BCUT2D eigenvalue weighted by atomic mass is 10.2. The molecule has 2 rings (SSSR count). The molecule has 0 unspecified atom stereocenters. The quantitative estimate of drug-likeness (QED) is 0.580. The van der Waals surface area contributed by atoms with Crippen LogP contribution in [0.15, 0.2) is 23.2 Å². The highest BCUT2D eigenvalue weighted by Gasteiger charge is 2.07. The molecule has 0 bridgehead atoms. The molecular formula is C10H9N5O2. The summed E-state index contributed by atoms with van der Waals surface area (Å²) in [5.74, 6) is 1.19. The van der Waals surface area contributed by atoms with Crippen LogP contribution in [0, 0.1) is 6.92 Å². The molecule has 0 aliphatic carbocycles. The standard InChI is InChI=1S/C10H9N5O2/c1-7-12-13-14-15(7)9-3-8(11-6-16)4-10(5-9)17-2/h3-5H,1-2H3. The van der Waals surface area contributed by atoms with Gasteiger partial charge >= 0.3 is 0 Å². The predicted molar refractivity (Wildman–Crippen MR) is 58.2 cm³/mol. The molecule has 0 N–H and O–H groups in total. The molecule has 7 nitrogen and oxygen atoms in total. The summed E-state index contributed by atoms with van der Waals surface area (Å²) >= 11 is 0. The lowest BCUT2D eigenvalue weighted by Gasteiger charge is -2.06. The van der Waals surface area contributed by atoms with Gasteiger partial charge in [-0.3, -0.25) is 0 Å². The van der Waals surface area contributed by atoms with Gasteiger partial charge in [-0.25, -0.2) is 4.79 Å². The van der Waals surface area contributed by atoms with Crippen LogP contribution in [0.25, 0.3) is 5.69 Å². The number of carbonyl (C=O) groups excluding carboxylic acids is 1. The van der Waals surface area contributed by atoms with Crippen LogP contribution < -0.4 is 4.74 Å². The fourth-order valence-electron chi connectivity index (χ4n) is 1.40. The van der Waals surface area contributed by atoms with Crippen LogP contribution in [-0.4, -0.2) is 33.4 Å². The van der Waals surface area contributed by atoms with E-state index in [1.807, 2.05) is 0 Å². The SMILES string of the molecule is COc1cc(N=C=O)cc(-n2nnnc2C)c1. The molecule has 0 radical (unpaired) electrons. The molecule has 86 valence electrons. The Hall–Kier alpha value is -2.53. The van der Waals surface area contributed by atoms with Gasteiger partial charge in [-0.1, -0.05) is 0 Å². The van der Waals surface area contributed by atoms with Crippen molar-refractivity contribution in [2.45, 2.75) is 6.92 Å². The molecule has 7 heteroatoms. The van der Waals surface area contributed by atoms with Gasteiger partial charge in [-0.15, -0.1) is 5.10 Å². The fraction of sp³-hybridized carbons (Fsp3) is 0.200. The second-order valence-corrected chi connectivity index (χ2v) is 3.23. The molecule has 17 heavy (non-hydrogen) atoms. The Morgan fingerprint density at radius 2 is 2.24 bits per heavy atom. The molecule has 1 heterocycles. The van der Waals surface area contributed by atoms with E-state index in [0.29, 0.717) is 22.9 Å². The molecule has 0 fully saturated rings. The highest BCUT2D eigenvalue weighted by molar-refractivity contribution is 5.57. The topological polar surface area (TPSA) is 82.3 Å². The molecule has 2 aromatic rings. The average molecular weight is 231 g/mol. The number of methoxy groups -OCH3 is 1. The van der Waals surface area contributed by atoms with E-state index in [1.54, 1.807) is 25.1 Å². The van der Waals surface area contributed by atoms with Crippen molar-refractivity contribution in [2.75, 3.05) is 7.11 Å². The monoisotopic (exact) mass is 231 g/mol. The second kappa shape index (κ2) is 4.54. The van der Waals surface area contributed by atoms with Crippen LogP contribution >= 0.6 is 0 Å². The zero-order valence-corrected chi connectivity index (χ0v) is 9.28. The molecule has 0 atom stereocenters. The van der Waals surface area contributed by atoms with Gasteiger partial charge in [0.2, 0.25) is 6.08 Å². The zero-order chi connectivity index (χ0) is 12.3. The first kappa shape index (κ1) is 11.0. The summed E-state index contributed by atoms with van der Waals surface area (Å²) in [6, 6.07) is 5.03. The number of hydrogen-bond donors (Lipinski definition) is 0. The predicted octanol–water partition coefficient (Wildman–Crippen LogP) is 0.947. The second-order valence-electron chi connectivity index (χ2n) is 3.23. The molecule has 0 saturated carbocycles. The Kier molecular flexibility index (Phi) is 2.93. The van der Waals surface area contributed by atoms with Crippen molar-refractivity contribution in [3.8, 4) is 11.4 Å². The summed E-state index contributed by atoms with van der Waals surface area (Å²) in [5.41, 5.74) is 1.10. The van der Waals surface area contributed by atoms with Gasteiger partial charge in [-0.05, 0) is 23.4 Å². The van der Waals surface area contributed by atoms with E-state index >= 15 is 0 Å². The van der Waals surface area contributed by atoms with Crippen LogP contribution in [0.2, 0.25) is 0 Å². The van der Waals surface area contributed by atoms with Gasteiger partial charge in [0, 0.05) is 12.1 Å². The number of ether oxygens (including phenoxy) is 1. The Morgan fingerprint density at radius 3 is 2.82 bits per heavy atom. The van der Waals surface area contributed by atoms with E-state index in [2.05, 4.69) is 20.5 Å². The summed E-state index contributed by atoms with van der Waals surface area (Å²) in [5, 5.41) is 11.1. The number of aryl methyl sites for hydroxylation is 1. The normalized spacial score (nSPS) is 9.76. The van der Waals surface area contributed by atoms with E-state index in [-0.39, 0.29) is 0 Å². The minimum Gasteiger partial charge on any atom is -0.497 e. The molecule has 1 aromatic heterocycles.